The molecule has 0 amide bonds. The van der Waals surface area contributed by atoms with E-state index in [1.165, 1.54) is 24.3 Å². The molecule has 2 aromatic rings. The molecule has 0 aliphatic carbocycles. The summed E-state index contributed by atoms with van der Waals surface area (Å²) in [5.74, 6) is -0.849. The first-order valence-corrected chi connectivity index (χ1v) is 10.0. The van der Waals surface area contributed by atoms with Crippen molar-refractivity contribution < 1.29 is 28.1 Å². The number of aryl methyl sites for hydroxylation is 2. The Labute approximate surface area is 167 Å². The number of nitrogens with one attached hydrogen (secondary N) is 1. The van der Waals surface area contributed by atoms with Crippen LogP contribution in [0.3, 0.4) is 0 Å². The Balaban J connectivity index is 1.30. The molecular weight excluding hydrogens is 380 g/mol. The highest BCUT2D eigenvalue weighted by Gasteiger charge is 2.47. The van der Waals surface area contributed by atoms with Crippen LogP contribution in [-0.2, 0) is 17.6 Å². The lowest BCUT2D eigenvalue weighted by Gasteiger charge is -2.45. The predicted molar refractivity (Wildman–Crippen MR) is 101 cm³/mol. The third-order valence-corrected chi connectivity index (χ3v) is 5.96. The van der Waals surface area contributed by atoms with Gasteiger partial charge in [0.15, 0.2) is 6.10 Å². The lowest BCUT2D eigenvalue weighted by atomic mass is 9.94. The van der Waals surface area contributed by atoms with Crippen molar-refractivity contribution in [3.8, 4) is 11.5 Å². The van der Waals surface area contributed by atoms with Gasteiger partial charge in [0.05, 0.1) is 6.54 Å². The minimum atomic E-state index is -1.51. The normalized spacial score (nSPS) is 31.2. The molecule has 0 spiro atoms. The van der Waals surface area contributed by atoms with Gasteiger partial charge in [0.1, 0.15) is 35.3 Å². The van der Waals surface area contributed by atoms with E-state index in [-0.39, 0.29) is 30.4 Å². The molecule has 4 atom stereocenters. The van der Waals surface area contributed by atoms with Gasteiger partial charge in [-0.1, -0.05) is 0 Å². The molecule has 7 heteroatoms. The molecule has 5 rings (SSSR count). The molecule has 3 unspecified atom stereocenters. The van der Waals surface area contributed by atoms with Gasteiger partial charge in [-0.3, -0.25) is 0 Å². The van der Waals surface area contributed by atoms with E-state index in [1.807, 2.05) is 0 Å². The smallest absolute Gasteiger partial charge is 0.216 e. The van der Waals surface area contributed by atoms with Gasteiger partial charge in [0.25, 0.3) is 0 Å². The van der Waals surface area contributed by atoms with Gasteiger partial charge in [0.2, 0.25) is 5.79 Å². The number of β-amino-alcohol motifs (C(OH)–C–C–N with tert-alkyl or cyclic N) is 1. The van der Waals surface area contributed by atoms with Crippen molar-refractivity contribution in [3.05, 3.63) is 59.2 Å². The summed E-state index contributed by atoms with van der Waals surface area (Å²) < 4.78 is 45.0. The standard InChI is InChI=1S/C22H23F2NO4/c23-15-3-6-17-13(9-15)1-5-19(27-17)20-11-25-12-22(26,29-20)21-8-2-14-10-16(24)4-7-18(14)28-21/h3-4,6-7,9-10,19-21,25-26H,1-2,5,8,11-12H2/t19?,20?,21-,22?/m0/s1. The van der Waals surface area contributed by atoms with Gasteiger partial charge in [0, 0.05) is 6.54 Å². The zero-order valence-corrected chi connectivity index (χ0v) is 15.9. The quantitative estimate of drug-likeness (QED) is 0.808. The maximum atomic E-state index is 13.4. The summed E-state index contributed by atoms with van der Waals surface area (Å²) in [6.07, 6.45) is 1.30. The molecule has 3 heterocycles. The lowest BCUT2D eigenvalue weighted by molar-refractivity contribution is -0.294. The molecule has 5 nitrogen and oxygen atoms in total. The number of morpholine rings is 1. The number of ether oxygens (including phenoxy) is 3. The maximum Gasteiger partial charge on any atom is 0.216 e. The van der Waals surface area contributed by atoms with Crippen LogP contribution >= 0.6 is 0 Å². The number of halogens is 2. The van der Waals surface area contributed by atoms with Gasteiger partial charge in [-0.05, 0) is 73.2 Å². The third kappa shape index (κ3) is 3.58. The second-order valence-corrected chi connectivity index (χ2v) is 7.98. The van der Waals surface area contributed by atoms with E-state index in [0.29, 0.717) is 43.7 Å². The summed E-state index contributed by atoms with van der Waals surface area (Å²) >= 11 is 0. The van der Waals surface area contributed by atoms with Crippen LogP contribution in [-0.4, -0.2) is 42.3 Å². The molecule has 3 aliphatic heterocycles. The highest BCUT2D eigenvalue weighted by molar-refractivity contribution is 5.37. The van der Waals surface area contributed by atoms with Gasteiger partial charge >= 0.3 is 0 Å². The highest BCUT2D eigenvalue weighted by atomic mass is 19.1. The Morgan fingerprint density at radius 2 is 1.55 bits per heavy atom. The largest absolute Gasteiger partial charge is 0.487 e. The summed E-state index contributed by atoms with van der Waals surface area (Å²) in [6, 6.07) is 8.93. The molecule has 29 heavy (non-hydrogen) atoms. The first-order valence-electron chi connectivity index (χ1n) is 10.0. The predicted octanol–water partition coefficient (Wildman–Crippen LogP) is 2.73. The number of aliphatic hydroxyl groups is 1. The average Bonchev–Trinajstić information content (AvgIpc) is 2.73. The van der Waals surface area contributed by atoms with Crippen LogP contribution in [0.25, 0.3) is 0 Å². The Kier molecular flexibility index (Phi) is 4.69. The second kappa shape index (κ2) is 7.23. The van der Waals surface area contributed by atoms with Crippen molar-refractivity contribution in [1.82, 2.24) is 5.32 Å². The number of benzene rings is 2. The second-order valence-electron chi connectivity index (χ2n) is 7.98. The van der Waals surface area contributed by atoms with Crippen molar-refractivity contribution in [2.45, 2.75) is 49.8 Å². The van der Waals surface area contributed by atoms with E-state index in [2.05, 4.69) is 5.32 Å². The molecule has 0 aromatic heterocycles. The summed E-state index contributed by atoms with van der Waals surface area (Å²) in [5, 5.41) is 14.5. The summed E-state index contributed by atoms with van der Waals surface area (Å²) in [6.45, 7) is 0.775. The molecule has 0 saturated carbocycles. The van der Waals surface area contributed by atoms with Crippen LogP contribution in [0.1, 0.15) is 24.0 Å². The number of rotatable bonds is 2. The molecule has 1 fully saturated rings. The van der Waals surface area contributed by atoms with Gasteiger partial charge in [-0.25, -0.2) is 8.78 Å². The van der Waals surface area contributed by atoms with Crippen molar-refractivity contribution in [1.29, 1.82) is 0 Å². The summed E-state index contributed by atoms with van der Waals surface area (Å²) in [4.78, 5) is 0. The Hall–Kier alpha value is -2.22. The van der Waals surface area contributed by atoms with Crippen molar-refractivity contribution in [3.63, 3.8) is 0 Å². The van der Waals surface area contributed by atoms with Crippen LogP contribution < -0.4 is 14.8 Å². The first-order chi connectivity index (χ1) is 14.0. The Morgan fingerprint density at radius 3 is 2.28 bits per heavy atom. The molecule has 1 saturated heterocycles. The Morgan fingerprint density at radius 1 is 0.897 bits per heavy atom. The molecule has 2 N–H and O–H groups in total. The van der Waals surface area contributed by atoms with E-state index in [9.17, 15) is 13.9 Å². The average molecular weight is 403 g/mol. The third-order valence-electron chi connectivity index (χ3n) is 5.96. The fourth-order valence-corrected chi connectivity index (χ4v) is 4.45. The van der Waals surface area contributed by atoms with Gasteiger partial charge in [-0.2, -0.15) is 0 Å². The van der Waals surface area contributed by atoms with Crippen LogP contribution in [0, 0.1) is 11.6 Å². The summed E-state index contributed by atoms with van der Waals surface area (Å²) in [7, 11) is 0. The van der Waals surface area contributed by atoms with Crippen LogP contribution in [0.4, 0.5) is 8.78 Å². The molecule has 2 aromatic carbocycles. The minimum absolute atomic E-state index is 0.235. The molecular formula is C22H23F2NO4. The van der Waals surface area contributed by atoms with Crippen molar-refractivity contribution in [2.75, 3.05) is 13.1 Å². The van der Waals surface area contributed by atoms with Crippen LogP contribution in [0.5, 0.6) is 11.5 Å². The number of hydrogen-bond acceptors (Lipinski definition) is 5. The fraction of sp³-hybridized carbons (Fsp3) is 0.455. The zero-order valence-electron chi connectivity index (χ0n) is 15.9. The molecule has 3 aliphatic rings. The zero-order chi connectivity index (χ0) is 20.0. The Bertz CT molecular complexity index is 924. The monoisotopic (exact) mass is 403 g/mol. The van der Waals surface area contributed by atoms with E-state index in [1.54, 1.807) is 12.1 Å². The van der Waals surface area contributed by atoms with E-state index >= 15 is 0 Å². The van der Waals surface area contributed by atoms with Crippen molar-refractivity contribution >= 4 is 0 Å². The first kappa shape index (κ1) is 18.8. The lowest BCUT2D eigenvalue weighted by Crippen LogP contribution is -2.64. The maximum absolute atomic E-state index is 13.4. The highest BCUT2D eigenvalue weighted by Crippen LogP contribution is 2.36. The summed E-state index contributed by atoms with van der Waals surface area (Å²) in [5.41, 5.74) is 1.64. The van der Waals surface area contributed by atoms with Gasteiger partial charge < -0.3 is 24.6 Å². The van der Waals surface area contributed by atoms with Crippen molar-refractivity contribution in [2.24, 2.45) is 0 Å². The van der Waals surface area contributed by atoms with E-state index < -0.39 is 11.9 Å². The fourth-order valence-electron chi connectivity index (χ4n) is 4.45. The molecule has 154 valence electrons. The number of hydrogen-bond donors (Lipinski definition) is 2. The SMILES string of the molecule is OC1([C@@H]2CCc3cc(F)ccc3O2)CNCC(C2CCc3cc(F)ccc3O2)O1. The minimum Gasteiger partial charge on any atom is -0.487 e. The molecule has 0 radical (unpaired) electrons. The van der Waals surface area contributed by atoms with Gasteiger partial charge in [-0.15, -0.1) is 0 Å². The topological polar surface area (TPSA) is 60.0 Å². The van der Waals surface area contributed by atoms with Crippen LogP contribution in [0.15, 0.2) is 36.4 Å². The molecule has 0 bridgehead atoms. The van der Waals surface area contributed by atoms with Crippen LogP contribution in [0.2, 0.25) is 0 Å². The number of fused-ring (bicyclic) bond motifs is 2. The van der Waals surface area contributed by atoms with E-state index in [0.717, 1.165) is 11.1 Å². The van der Waals surface area contributed by atoms with E-state index in [4.69, 9.17) is 14.2 Å².